The molecule has 0 aromatic carbocycles. The van der Waals surface area contributed by atoms with Gasteiger partial charge >= 0.3 is 0 Å². The van der Waals surface area contributed by atoms with Gasteiger partial charge in [-0.3, -0.25) is 0 Å². The maximum absolute atomic E-state index is 9.62. The maximum atomic E-state index is 9.62. The van der Waals surface area contributed by atoms with Gasteiger partial charge in [-0.25, -0.2) is 0 Å². The fraction of sp³-hybridized carbons (Fsp3) is 0.846. The highest BCUT2D eigenvalue weighted by molar-refractivity contribution is 4.70. The molecule has 0 fully saturated rings. The molecule has 0 spiro atoms. The zero-order valence-corrected chi connectivity index (χ0v) is 10.1. The molecule has 0 radical (unpaired) electrons. The summed E-state index contributed by atoms with van der Waals surface area (Å²) in [5, 5.41) is 9.62. The largest absolute Gasteiger partial charge is 0.390 e. The van der Waals surface area contributed by atoms with E-state index in [1.807, 2.05) is 19.9 Å². The van der Waals surface area contributed by atoms with Gasteiger partial charge in [-0.2, -0.15) is 0 Å². The van der Waals surface area contributed by atoms with Crippen molar-refractivity contribution in [3.05, 3.63) is 12.7 Å². The lowest BCUT2D eigenvalue weighted by Gasteiger charge is -2.21. The summed E-state index contributed by atoms with van der Waals surface area (Å²) < 4.78 is 0. The van der Waals surface area contributed by atoms with E-state index in [1.54, 1.807) is 0 Å². The minimum Gasteiger partial charge on any atom is -0.390 e. The van der Waals surface area contributed by atoms with E-state index in [0.717, 1.165) is 12.8 Å². The smallest absolute Gasteiger partial charge is 0.0594 e. The van der Waals surface area contributed by atoms with Crippen LogP contribution in [0.5, 0.6) is 0 Å². The third kappa shape index (κ3) is 9.79. The molecule has 1 atom stereocenters. The van der Waals surface area contributed by atoms with Gasteiger partial charge in [0.05, 0.1) is 5.60 Å². The summed E-state index contributed by atoms with van der Waals surface area (Å²) in [6.45, 7) is 9.72. The second kappa shape index (κ2) is 7.05. The van der Waals surface area contributed by atoms with Gasteiger partial charge in [-0.1, -0.05) is 32.3 Å². The van der Waals surface area contributed by atoms with Crippen molar-refractivity contribution in [1.29, 1.82) is 0 Å². The maximum Gasteiger partial charge on any atom is 0.0594 e. The fourth-order valence-corrected chi connectivity index (χ4v) is 1.91. The van der Waals surface area contributed by atoms with Crippen LogP contribution in [0.25, 0.3) is 0 Å². The molecule has 0 heterocycles. The Morgan fingerprint density at radius 1 is 1.29 bits per heavy atom. The van der Waals surface area contributed by atoms with Gasteiger partial charge in [0.15, 0.2) is 0 Å². The Bertz CT molecular complexity index is 144. The lowest BCUT2D eigenvalue weighted by molar-refractivity contribution is 0.0536. The monoisotopic (exact) mass is 198 g/mol. The molecule has 0 aromatic heterocycles. The molecule has 0 amide bonds. The third-order valence-corrected chi connectivity index (χ3v) is 2.45. The Hall–Kier alpha value is -0.300. The van der Waals surface area contributed by atoms with E-state index in [4.69, 9.17) is 0 Å². The second-order valence-electron chi connectivity index (χ2n) is 5.05. The van der Waals surface area contributed by atoms with Crippen molar-refractivity contribution in [2.45, 2.75) is 64.9 Å². The van der Waals surface area contributed by atoms with Crippen LogP contribution in [0.2, 0.25) is 0 Å². The highest BCUT2D eigenvalue weighted by Gasteiger charge is 2.16. The van der Waals surface area contributed by atoms with Crippen LogP contribution >= 0.6 is 0 Å². The number of hydrogen-bond acceptors (Lipinski definition) is 1. The van der Waals surface area contributed by atoms with Gasteiger partial charge in [0.2, 0.25) is 0 Å². The Kier molecular flexibility index (Phi) is 6.90. The standard InChI is InChI=1S/C13H26O/c1-5-6-7-8-9-10-12(2)11-13(3,4)14/h5,12,14H,1,6-11H2,2-4H3. The van der Waals surface area contributed by atoms with Crippen LogP contribution in [-0.2, 0) is 0 Å². The molecule has 0 saturated heterocycles. The summed E-state index contributed by atoms with van der Waals surface area (Å²) in [6, 6.07) is 0. The van der Waals surface area contributed by atoms with Crippen molar-refractivity contribution < 1.29 is 5.11 Å². The van der Waals surface area contributed by atoms with Gasteiger partial charge in [0.1, 0.15) is 0 Å². The van der Waals surface area contributed by atoms with Crippen molar-refractivity contribution in [3.63, 3.8) is 0 Å². The predicted octanol–water partition coefficient (Wildman–Crippen LogP) is 3.92. The first-order chi connectivity index (χ1) is 6.45. The van der Waals surface area contributed by atoms with Gasteiger partial charge in [-0.15, -0.1) is 6.58 Å². The van der Waals surface area contributed by atoms with E-state index in [0.29, 0.717) is 5.92 Å². The molecule has 14 heavy (non-hydrogen) atoms. The molecule has 0 rings (SSSR count). The number of aliphatic hydroxyl groups is 1. The first-order valence-electron chi connectivity index (χ1n) is 5.79. The summed E-state index contributed by atoms with van der Waals surface area (Å²) in [6.07, 6.45) is 9.11. The van der Waals surface area contributed by atoms with Crippen LogP contribution in [0.1, 0.15) is 59.3 Å². The van der Waals surface area contributed by atoms with Gasteiger partial charge in [-0.05, 0) is 39.0 Å². The first kappa shape index (κ1) is 13.7. The first-order valence-corrected chi connectivity index (χ1v) is 5.79. The van der Waals surface area contributed by atoms with E-state index in [1.165, 1.54) is 25.7 Å². The predicted molar refractivity (Wildman–Crippen MR) is 63.4 cm³/mol. The van der Waals surface area contributed by atoms with Crippen molar-refractivity contribution in [3.8, 4) is 0 Å². The Morgan fingerprint density at radius 3 is 2.43 bits per heavy atom. The van der Waals surface area contributed by atoms with E-state index in [2.05, 4.69) is 13.5 Å². The van der Waals surface area contributed by atoms with E-state index in [-0.39, 0.29) is 0 Å². The zero-order valence-electron chi connectivity index (χ0n) is 10.1. The molecule has 1 nitrogen and oxygen atoms in total. The summed E-state index contributed by atoms with van der Waals surface area (Å²) in [5.41, 5.74) is -0.499. The molecule has 1 heteroatoms. The minimum atomic E-state index is -0.499. The van der Waals surface area contributed by atoms with Crippen molar-refractivity contribution in [2.75, 3.05) is 0 Å². The number of hydrogen-bond donors (Lipinski definition) is 1. The molecule has 0 aliphatic heterocycles. The SMILES string of the molecule is C=CCCCCCC(C)CC(C)(C)O. The molecule has 1 unspecified atom stereocenters. The molecular weight excluding hydrogens is 172 g/mol. The van der Waals surface area contributed by atoms with E-state index >= 15 is 0 Å². The average molecular weight is 198 g/mol. The van der Waals surface area contributed by atoms with Crippen LogP contribution in [0.3, 0.4) is 0 Å². The topological polar surface area (TPSA) is 20.2 Å². The summed E-state index contributed by atoms with van der Waals surface area (Å²) in [4.78, 5) is 0. The van der Waals surface area contributed by atoms with E-state index < -0.39 is 5.60 Å². The molecular formula is C13H26O. The van der Waals surface area contributed by atoms with E-state index in [9.17, 15) is 5.11 Å². The third-order valence-electron chi connectivity index (χ3n) is 2.45. The minimum absolute atomic E-state index is 0.499. The summed E-state index contributed by atoms with van der Waals surface area (Å²) in [7, 11) is 0. The van der Waals surface area contributed by atoms with Crippen molar-refractivity contribution in [1.82, 2.24) is 0 Å². The molecule has 1 N–H and O–H groups in total. The Morgan fingerprint density at radius 2 is 1.93 bits per heavy atom. The molecule has 0 aliphatic carbocycles. The van der Waals surface area contributed by atoms with Gasteiger partial charge in [0, 0.05) is 0 Å². The van der Waals surface area contributed by atoms with Crippen LogP contribution < -0.4 is 0 Å². The molecule has 0 saturated carbocycles. The van der Waals surface area contributed by atoms with Gasteiger partial charge < -0.3 is 5.11 Å². The van der Waals surface area contributed by atoms with Crippen molar-refractivity contribution in [2.24, 2.45) is 5.92 Å². The van der Waals surface area contributed by atoms with Crippen LogP contribution in [0.15, 0.2) is 12.7 Å². The Balaban J connectivity index is 3.35. The number of rotatable bonds is 8. The van der Waals surface area contributed by atoms with Crippen LogP contribution in [0.4, 0.5) is 0 Å². The lowest BCUT2D eigenvalue weighted by Crippen LogP contribution is -2.21. The summed E-state index contributed by atoms with van der Waals surface area (Å²) in [5.74, 6) is 0.638. The second-order valence-corrected chi connectivity index (χ2v) is 5.05. The normalized spacial score (nSPS) is 14.0. The highest BCUT2D eigenvalue weighted by Crippen LogP contribution is 2.20. The number of unbranched alkanes of at least 4 members (excludes halogenated alkanes) is 3. The zero-order chi connectivity index (χ0) is 11.0. The van der Waals surface area contributed by atoms with Crippen LogP contribution in [-0.4, -0.2) is 10.7 Å². The van der Waals surface area contributed by atoms with Crippen molar-refractivity contribution >= 4 is 0 Å². The average Bonchev–Trinajstić information content (AvgIpc) is 2.00. The van der Waals surface area contributed by atoms with Crippen LogP contribution in [0, 0.1) is 5.92 Å². The highest BCUT2D eigenvalue weighted by atomic mass is 16.3. The molecule has 0 aromatic rings. The summed E-state index contributed by atoms with van der Waals surface area (Å²) >= 11 is 0. The lowest BCUT2D eigenvalue weighted by atomic mass is 9.91. The quantitative estimate of drug-likeness (QED) is 0.463. The molecule has 84 valence electrons. The number of allylic oxidation sites excluding steroid dienone is 1. The fourth-order valence-electron chi connectivity index (χ4n) is 1.91. The molecule has 0 aliphatic rings. The van der Waals surface area contributed by atoms with Gasteiger partial charge in [0.25, 0.3) is 0 Å². The molecule has 0 bridgehead atoms. The Labute approximate surface area is 89.2 Å².